The lowest BCUT2D eigenvalue weighted by Crippen LogP contribution is -1.90. The van der Waals surface area contributed by atoms with Gasteiger partial charge in [0, 0.05) is 10.8 Å². The lowest BCUT2D eigenvalue weighted by atomic mass is 9.86. The molecule has 0 amide bonds. The number of furan rings is 1. The van der Waals surface area contributed by atoms with Crippen LogP contribution in [0.2, 0.25) is 0 Å². The fourth-order valence-electron chi connectivity index (χ4n) is 6.12. The third-order valence-corrected chi connectivity index (χ3v) is 7.98. The molecule has 200 valence electrons. The predicted octanol–water partition coefficient (Wildman–Crippen LogP) is 12.0. The molecule has 9 aromatic rings. The molecule has 43 heavy (non-hydrogen) atoms. The summed E-state index contributed by atoms with van der Waals surface area (Å²) in [6, 6.07) is 16.7. The fraction of sp³-hybridized carbons (Fsp3) is 0. The molecule has 0 aliphatic heterocycles. The van der Waals surface area contributed by atoms with Crippen molar-refractivity contribution in [2.24, 2.45) is 0 Å². The summed E-state index contributed by atoms with van der Waals surface area (Å²) in [4.78, 5) is 0. The number of rotatable bonds is 3. The van der Waals surface area contributed by atoms with Crippen molar-refractivity contribution in [2.45, 2.75) is 0 Å². The molecule has 0 aliphatic rings. The zero-order valence-corrected chi connectivity index (χ0v) is 22.4. The van der Waals surface area contributed by atoms with Gasteiger partial charge < -0.3 is 4.42 Å². The van der Waals surface area contributed by atoms with Crippen LogP contribution in [0.5, 0.6) is 0 Å². The molecular weight excluding hydrogens is 520 g/mol. The van der Waals surface area contributed by atoms with Crippen LogP contribution in [0.25, 0.3) is 87.6 Å². The van der Waals surface area contributed by atoms with Crippen LogP contribution >= 0.6 is 0 Å². The highest BCUT2D eigenvalue weighted by Crippen LogP contribution is 2.45. The molecule has 0 radical (unpaired) electrons. The quantitative estimate of drug-likeness (QED) is 0.196. The van der Waals surface area contributed by atoms with Gasteiger partial charge in [0.25, 0.3) is 0 Å². The van der Waals surface area contributed by atoms with Crippen molar-refractivity contribution in [1.82, 2.24) is 0 Å². The van der Waals surface area contributed by atoms with E-state index in [2.05, 4.69) is 0 Å². The van der Waals surface area contributed by atoms with Gasteiger partial charge in [-0.25, -0.2) is 0 Å². The predicted molar refractivity (Wildman–Crippen MR) is 183 cm³/mol. The van der Waals surface area contributed by atoms with Crippen LogP contribution in [-0.4, -0.2) is 0 Å². The number of benzene rings is 8. The SMILES string of the molecule is [2H]c1c([2H])c([2H])c(-c2c3c([2H])c([2H])c([2H])c([2H])c3c(-c3ccc4oc5ccc(-c6cccc7ccccc67)cc5c4c3)c3c([2H])c([2H])c([2H])c([2H])c23)c([2H])c1[2H]. The summed E-state index contributed by atoms with van der Waals surface area (Å²) < 4.78 is 121. The van der Waals surface area contributed by atoms with E-state index in [1.54, 1.807) is 18.2 Å². The van der Waals surface area contributed by atoms with Gasteiger partial charge in [-0.15, -0.1) is 0 Å². The summed E-state index contributed by atoms with van der Waals surface area (Å²) in [5.74, 6) is 0. The highest BCUT2D eigenvalue weighted by molar-refractivity contribution is 6.22. The second kappa shape index (κ2) is 9.44. The lowest BCUT2D eigenvalue weighted by molar-refractivity contribution is 0.669. The van der Waals surface area contributed by atoms with Crippen molar-refractivity contribution in [3.05, 3.63) is 157 Å². The number of fused-ring (bicyclic) bond motifs is 6. The molecule has 0 fully saturated rings. The molecule has 0 atom stereocenters. The molecule has 0 saturated carbocycles. The molecule has 0 aliphatic carbocycles. The Morgan fingerprint density at radius 3 is 1.60 bits per heavy atom. The number of hydrogen-bond donors (Lipinski definition) is 0. The van der Waals surface area contributed by atoms with E-state index in [9.17, 15) is 5.48 Å². The maximum atomic E-state index is 9.25. The molecule has 9 rings (SSSR count). The Morgan fingerprint density at radius 1 is 0.395 bits per heavy atom. The average Bonchev–Trinajstić information content (AvgIpc) is 3.58. The zero-order valence-electron chi connectivity index (χ0n) is 35.4. The standard InChI is InChI=1S/C42H26O/c1-2-12-28(13-3-1)41-33-16-6-8-18-35(33)42(36-19-9-7-17-34(36)41)30-22-24-40-38(26-30)37-25-29(21-23-39(37)43-40)32-20-10-14-27-11-4-5-15-31(27)32/h1-26H/i1D,2D,3D,6D,7D,8D,9D,12D,13D,16D,17D,18D,19D. The summed E-state index contributed by atoms with van der Waals surface area (Å²) in [6.45, 7) is 0. The Balaban J connectivity index is 1.47. The molecule has 1 heteroatoms. The van der Waals surface area contributed by atoms with Gasteiger partial charge in [0.15, 0.2) is 0 Å². The Labute approximate surface area is 267 Å². The third kappa shape index (κ3) is 3.72. The smallest absolute Gasteiger partial charge is 0.135 e. The van der Waals surface area contributed by atoms with Crippen molar-refractivity contribution < 1.29 is 22.2 Å². The lowest BCUT2D eigenvalue weighted by Gasteiger charge is -2.17. The van der Waals surface area contributed by atoms with Crippen LogP contribution in [0.15, 0.2) is 162 Å². The first-order valence-electron chi connectivity index (χ1n) is 20.2. The Bertz CT molecular complexity index is 3130. The number of hydrogen-bond acceptors (Lipinski definition) is 1. The summed E-state index contributed by atoms with van der Waals surface area (Å²) >= 11 is 0. The third-order valence-electron chi connectivity index (χ3n) is 7.98. The average molecular weight is 560 g/mol. The minimum Gasteiger partial charge on any atom is -0.456 e. The van der Waals surface area contributed by atoms with Crippen LogP contribution < -0.4 is 0 Å². The molecule has 0 saturated heterocycles. The zero-order chi connectivity index (χ0) is 39.6. The van der Waals surface area contributed by atoms with Crippen LogP contribution in [0.3, 0.4) is 0 Å². The van der Waals surface area contributed by atoms with E-state index in [4.69, 9.17) is 16.8 Å². The summed E-state index contributed by atoms with van der Waals surface area (Å²) in [5, 5.41) is 2.72. The van der Waals surface area contributed by atoms with Gasteiger partial charge in [0.2, 0.25) is 0 Å². The summed E-state index contributed by atoms with van der Waals surface area (Å²) in [5.41, 5.74) is 2.64. The van der Waals surface area contributed by atoms with E-state index in [0.717, 1.165) is 27.3 Å². The van der Waals surface area contributed by atoms with Crippen LogP contribution in [0, 0.1) is 0 Å². The molecule has 1 heterocycles. The first-order chi connectivity index (χ1) is 26.7. The summed E-state index contributed by atoms with van der Waals surface area (Å²) in [7, 11) is 0. The molecule has 0 N–H and O–H groups in total. The summed E-state index contributed by atoms with van der Waals surface area (Å²) in [6.07, 6.45) is 0. The van der Waals surface area contributed by atoms with Crippen LogP contribution in [0.4, 0.5) is 0 Å². The maximum absolute atomic E-state index is 9.25. The van der Waals surface area contributed by atoms with Crippen molar-refractivity contribution in [3.8, 4) is 33.4 Å². The highest BCUT2D eigenvalue weighted by Gasteiger charge is 2.18. The maximum Gasteiger partial charge on any atom is 0.135 e. The van der Waals surface area contributed by atoms with Gasteiger partial charge in [-0.3, -0.25) is 0 Å². The second-order valence-corrected chi connectivity index (χ2v) is 10.3. The van der Waals surface area contributed by atoms with Crippen LogP contribution in [0.1, 0.15) is 17.8 Å². The molecule has 0 bridgehead atoms. The molecule has 1 nitrogen and oxygen atoms in total. The minimum atomic E-state index is -0.715. The van der Waals surface area contributed by atoms with Gasteiger partial charge in [-0.2, -0.15) is 0 Å². The van der Waals surface area contributed by atoms with Gasteiger partial charge >= 0.3 is 0 Å². The molecule has 0 unspecified atom stereocenters. The van der Waals surface area contributed by atoms with Crippen molar-refractivity contribution >= 4 is 54.3 Å². The fourth-order valence-corrected chi connectivity index (χ4v) is 6.12. The van der Waals surface area contributed by atoms with Crippen LogP contribution in [-0.2, 0) is 0 Å². The van der Waals surface area contributed by atoms with Gasteiger partial charge in [-0.05, 0) is 90.0 Å². The first-order valence-corrected chi connectivity index (χ1v) is 13.7. The van der Waals surface area contributed by atoms with E-state index >= 15 is 0 Å². The topological polar surface area (TPSA) is 13.1 Å². The Morgan fingerprint density at radius 2 is 0.930 bits per heavy atom. The van der Waals surface area contributed by atoms with Gasteiger partial charge in [0.1, 0.15) is 11.2 Å². The van der Waals surface area contributed by atoms with E-state index in [1.807, 2.05) is 60.7 Å². The van der Waals surface area contributed by atoms with Gasteiger partial charge in [-0.1, -0.05) is 133 Å². The van der Waals surface area contributed by atoms with Gasteiger partial charge in [0.05, 0.1) is 17.8 Å². The molecule has 0 spiro atoms. The monoisotopic (exact) mass is 559 g/mol. The van der Waals surface area contributed by atoms with E-state index in [0.29, 0.717) is 22.1 Å². The normalized spacial score (nSPS) is 16.0. The first kappa shape index (κ1) is 14.5. The molecule has 1 aromatic heterocycles. The van der Waals surface area contributed by atoms with Crippen molar-refractivity contribution in [3.63, 3.8) is 0 Å². The van der Waals surface area contributed by atoms with E-state index < -0.39 is 84.1 Å². The molecular formula is C42H26O. The second-order valence-electron chi connectivity index (χ2n) is 10.3. The van der Waals surface area contributed by atoms with Crippen molar-refractivity contribution in [1.29, 1.82) is 0 Å². The Hall–Kier alpha value is -5.66. The van der Waals surface area contributed by atoms with E-state index in [-0.39, 0.29) is 32.7 Å². The minimum absolute atomic E-state index is 0.0616. The highest BCUT2D eigenvalue weighted by atomic mass is 16.3. The molecule has 8 aromatic carbocycles. The van der Waals surface area contributed by atoms with E-state index in [1.165, 1.54) is 0 Å². The Kier molecular flexibility index (Phi) is 3.18. The largest absolute Gasteiger partial charge is 0.456 e. The van der Waals surface area contributed by atoms with Crippen molar-refractivity contribution in [2.75, 3.05) is 0 Å².